The van der Waals surface area contributed by atoms with E-state index in [1.165, 1.54) is 0 Å². The molecule has 5 nitrogen and oxygen atoms in total. The maximum atomic E-state index is 12.6. The Bertz CT molecular complexity index is 588. The number of piperazine rings is 1. The first-order valence-electron chi connectivity index (χ1n) is 7.16. The fraction of sp³-hybridized carbons (Fsp3) is 0.312. The number of hydrogen-bond donors (Lipinski definition) is 1. The van der Waals surface area contributed by atoms with Crippen LogP contribution in [0.5, 0.6) is 0 Å². The van der Waals surface area contributed by atoms with Crippen LogP contribution >= 0.6 is 0 Å². The minimum Gasteiger partial charge on any atom is -0.331 e. The minimum atomic E-state index is -0.0383. The standard InChI is InChI=1S/C16H18N4O/c21-16(11-13-5-2-1-3-6-13)20-10-9-17-12-15(20)14-7-4-8-18-19-14/h1-8,15,17H,9-12H2. The molecule has 3 rings (SSSR count). The molecule has 21 heavy (non-hydrogen) atoms. The fourth-order valence-corrected chi connectivity index (χ4v) is 2.63. The lowest BCUT2D eigenvalue weighted by Crippen LogP contribution is -2.49. The summed E-state index contributed by atoms with van der Waals surface area (Å²) in [5.74, 6) is 0.137. The van der Waals surface area contributed by atoms with Crippen molar-refractivity contribution in [2.24, 2.45) is 0 Å². The maximum absolute atomic E-state index is 12.6. The van der Waals surface area contributed by atoms with Gasteiger partial charge in [-0.25, -0.2) is 0 Å². The molecule has 1 aliphatic rings. The number of rotatable bonds is 3. The summed E-state index contributed by atoms with van der Waals surface area (Å²) in [6.07, 6.45) is 2.08. The topological polar surface area (TPSA) is 58.1 Å². The van der Waals surface area contributed by atoms with Crippen LogP contribution in [0.2, 0.25) is 0 Å². The molecule has 0 aliphatic carbocycles. The van der Waals surface area contributed by atoms with E-state index in [-0.39, 0.29) is 11.9 Å². The highest BCUT2D eigenvalue weighted by Gasteiger charge is 2.28. The zero-order chi connectivity index (χ0) is 14.5. The van der Waals surface area contributed by atoms with Crippen LogP contribution in [0.1, 0.15) is 17.3 Å². The summed E-state index contributed by atoms with van der Waals surface area (Å²) in [6, 6.07) is 13.6. The van der Waals surface area contributed by atoms with Crippen molar-refractivity contribution in [3.63, 3.8) is 0 Å². The molecule has 2 aromatic rings. The van der Waals surface area contributed by atoms with Crippen molar-refractivity contribution in [3.05, 3.63) is 59.9 Å². The van der Waals surface area contributed by atoms with Gasteiger partial charge >= 0.3 is 0 Å². The van der Waals surface area contributed by atoms with E-state index in [1.54, 1.807) is 6.20 Å². The van der Waals surface area contributed by atoms with Gasteiger partial charge in [-0.1, -0.05) is 30.3 Å². The Morgan fingerprint density at radius 2 is 2.10 bits per heavy atom. The third kappa shape index (κ3) is 3.25. The summed E-state index contributed by atoms with van der Waals surface area (Å²) in [5, 5.41) is 11.4. The van der Waals surface area contributed by atoms with E-state index in [0.29, 0.717) is 13.0 Å². The van der Waals surface area contributed by atoms with E-state index < -0.39 is 0 Å². The zero-order valence-electron chi connectivity index (χ0n) is 11.8. The van der Waals surface area contributed by atoms with Crippen LogP contribution in [0, 0.1) is 0 Å². The number of carbonyl (C=O) groups is 1. The predicted molar refractivity (Wildman–Crippen MR) is 79.5 cm³/mol. The van der Waals surface area contributed by atoms with Crippen LogP contribution < -0.4 is 5.32 Å². The summed E-state index contributed by atoms with van der Waals surface area (Å²) in [4.78, 5) is 14.5. The molecule has 1 unspecified atom stereocenters. The van der Waals surface area contributed by atoms with Crippen LogP contribution in [0.4, 0.5) is 0 Å². The summed E-state index contributed by atoms with van der Waals surface area (Å²) in [5.41, 5.74) is 1.88. The number of nitrogens with one attached hydrogen (secondary N) is 1. The Kier molecular flexibility index (Phi) is 4.21. The molecule has 0 spiro atoms. The zero-order valence-corrected chi connectivity index (χ0v) is 11.8. The highest BCUT2D eigenvalue weighted by atomic mass is 16.2. The van der Waals surface area contributed by atoms with Crippen molar-refractivity contribution < 1.29 is 4.79 Å². The Balaban J connectivity index is 1.76. The molecule has 0 bridgehead atoms. The second-order valence-electron chi connectivity index (χ2n) is 5.12. The van der Waals surface area contributed by atoms with Gasteiger partial charge in [0.25, 0.3) is 0 Å². The van der Waals surface area contributed by atoms with Crippen LogP contribution in [-0.2, 0) is 11.2 Å². The molecule has 1 atom stereocenters. The maximum Gasteiger partial charge on any atom is 0.227 e. The van der Waals surface area contributed by atoms with Gasteiger partial charge in [0.05, 0.1) is 18.2 Å². The normalized spacial score (nSPS) is 18.5. The van der Waals surface area contributed by atoms with Crippen molar-refractivity contribution in [2.45, 2.75) is 12.5 Å². The summed E-state index contributed by atoms with van der Waals surface area (Å²) >= 11 is 0. The molecular formula is C16H18N4O. The van der Waals surface area contributed by atoms with E-state index >= 15 is 0 Å². The Morgan fingerprint density at radius 1 is 1.24 bits per heavy atom. The van der Waals surface area contributed by atoms with Crippen molar-refractivity contribution >= 4 is 5.91 Å². The second-order valence-corrected chi connectivity index (χ2v) is 5.12. The van der Waals surface area contributed by atoms with Gasteiger partial charge in [0.15, 0.2) is 0 Å². The van der Waals surface area contributed by atoms with Crippen molar-refractivity contribution in [2.75, 3.05) is 19.6 Å². The molecule has 2 heterocycles. The smallest absolute Gasteiger partial charge is 0.227 e. The van der Waals surface area contributed by atoms with Gasteiger partial charge in [-0.05, 0) is 17.7 Å². The third-order valence-corrected chi connectivity index (χ3v) is 3.70. The van der Waals surface area contributed by atoms with Crippen LogP contribution in [-0.4, -0.2) is 40.6 Å². The molecule has 1 N–H and O–H groups in total. The molecule has 1 aromatic heterocycles. The van der Waals surface area contributed by atoms with Gasteiger partial charge in [-0.3, -0.25) is 4.79 Å². The first kappa shape index (κ1) is 13.7. The molecule has 5 heteroatoms. The van der Waals surface area contributed by atoms with Crippen molar-refractivity contribution in [1.29, 1.82) is 0 Å². The van der Waals surface area contributed by atoms with Crippen LogP contribution in [0.3, 0.4) is 0 Å². The number of nitrogens with zero attached hydrogens (tertiary/aromatic N) is 3. The number of carbonyl (C=O) groups excluding carboxylic acids is 1. The molecule has 108 valence electrons. The number of aromatic nitrogens is 2. The minimum absolute atomic E-state index is 0.0383. The first-order valence-corrected chi connectivity index (χ1v) is 7.16. The Labute approximate surface area is 124 Å². The van der Waals surface area contributed by atoms with E-state index in [4.69, 9.17) is 0 Å². The van der Waals surface area contributed by atoms with Gasteiger partial charge in [0, 0.05) is 25.8 Å². The van der Waals surface area contributed by atoms with Crippen molar-refractivity contribution in [3.8, 4) is 0 Å². The predicted octanol–water partition coefficient (Wildman–Crippen LogP) is 1.19. The van der Waals surface area contributed by atoms with Crippen LogP contribution in [0.25, 0.3) is 0 Å². The summed E-state index contributed by atoms with van der Waals surface area (Å²) in [6.45, 7) is 2.24. The molecule has 1 aliphatic heterocycles. The van der Waals surface area contributed by atoms with Crippen molar-refractivity contribution in [1.82, 2.24) is 20.4 Å². The fourth-order valence-electron chi connectivity index (χ4n) is 2.63. The summed E-state index contributed by atoms with van der Waals surface area (Å²) in [7, 11) is 0. The Morgan fingerprint density at radius 3 is 2.86 bits per heavy atom. The average molecular weight is 282 g/mol. The molecule has 0 radical (unpaired) electrons. The lowest BCUT2D eigenvalue weighted by molar-refractivity contribution is -0.133. The monoisotopic (exact) mass is 282 g/mol. The first-order chi connectivity index (χ1) is 10.3. The SMILES string of the molecule is O=C(Cc1ccccc1)N1CCNCC1c1cccnn1. The highest BCUT2D eigenvalue weighted by molar-refractivity contribution is 5.79. The molecule has 1 aromatic carbocycles. The van der Waals surface area contributed by atoms with E-state index in [9.17, 15) is 4.79 Å². The highest BCUT2D eigenvalue weighted by Crippen LogP contribution is 2.20. The average Bonchev–Trinajstić information content (AvgIpc) is 2.56. The van der Waals surface area contributed by atoms with Crippen LogP contribution in [0.15, 0.2) is 48.7 Å². The van der Waals surface area contributed by atoms with Gasteiger partial charge in [-0.15, -0.1) is 0 Å². The second kappa shape index (κ2) is 6.45. The number of benzene rings is 1. The van der Waals surface area contributed by atoms with E-state index in [0.717, 1.165) is 24.3 Å². The lowest BCUT2D eigenvalue weighted by Gasteiger charge is -2.35. The summed E-state index contributed by atoms with van der Waals surface area (Å²) < 4.78 is 0. The molecular weight excluding hydrogens is 264 g/mol. The third-order valence-electron chi connectivity index (χ3n) is 3.70. The number of hydrogen-bond acceptors (Lipinski definition) is 4. The molecule has 1 saturated heterocycles. The number of amides is 1. The van der Waals surface area contributed by atoms with E-state index in [1.807, 2.05) is 47.4 Å². The largest absolute Gasteiger partial charge is 0.331 e. The molecule has 0 saturated carbocycles. The Hall–Kier alpha value is -2.27. The van der Waals surface area contributed by atoms with Gasteiger partial charge in [-0.2, -0.15) is 10.2 Å². The van der Waals surface area contributed by atoms with Gasteiger partial charge < -0.3 is 10.2 Å². The van der Waals surface area contributed by atoms with Gasteiger partial charge in [0.2, 0.25) is 5.91 Å². The molecule has 1 amide bonds. The van der Waals surface area contributed by atoms with E-state index in [2.05, 4.69) is 15.5 Å². The van der Waals surface area contributed by atoms with Gasteiger partial charge in [0.1, 0.15) is 0 Å². The molecule has 1 fully saturated rings. The quantitative estimate of drug-likeness (QED) is 0.919. The lowest BCUT2D eigenvalue weighted by atomic mass is 10.1.